The Labute approximate surface area is 377 Å². The maximum Gasteiger partial charge on any atom is 0.311 e. The van der Waals surface area contributed by atoms with E-state index in [0.29, 0.717) is 62.9 Å². The van der Waals surface area contributed by atoms with Gasteiger partial charge in [-0.25, -0.2) is 0 Å². The van der Waals surface area contributed by atoms with E-state index in [-0.39, 0.29) is 43.1 Å². The predicted molar refractivity (Wildman–Crippen MR) is 239 cm³/mol. The summed E-state index contributed by atoms with van der Waals surface area (Å²) in [5.41, 5.74) is -3.00. The Bertz CT molecular complexity index is 1560. The van der Waals surface area contributed by atoms with E-state index in [2.05, 4.69) is 17.1 Å². The van der Waals surface area contributed by atoms with E-state index < -0.39 is 71.7 Å². The number of nitrogens with zero attached hydrogens (tertiary/aromatic N) is 2. The highest BCUT2D eigenvalue weighted by atomic mass is 16.7. The molecule has 63 heavy (non-hydrogen) atoms. The molecule has 366 valence electrons. The van der Waals surface area contributed by atoms with Crippen LogP contribution in [0.1, 0.15) is 136 Å². The van der Waals surface area contributed by atoms with Gasteiger partial charge in [-0.1, -0.05) is 13.8 Å². The molecular formula is C47H85N3O13. The smallest absolute Gasteiger partial charge is 0.311 e. The average molecular weight is 900 g/mol. The molecule has 0 aliphatic carbocycles. The number of aliphatic hydroxyl groups excluding tert-OH is 2. The van der Waals surface area contributed by atoms with Crippen molar-refractivity contribution in [3.05, 3.63) is 23.2 Å². The molecule has 15 atom stereocenters. The number of rotatable bonds is 11. The highest BCUT2D eigenvalue weighted by Gasteiger charge is 2.48. The fourth-order valence-electron chi connectivity index (χ4n) is 9.38. The van der Waals surface area contributed by atoms with E-state index in [1.807, 2.05) is 60.7 Å². The number of likely N-dealkylation sites (N-methyl/N-ethyl adjacent to an activating group) is 1. The lowest BCUT2D eigenvalue weighted by molar-refractivity contribution is -0.278. The first kappa shape index (κ1) is 55.1. The first-order valence-corrected chi connectivity index (χ1v) is 23.1. The van der Waals surface area contributed by atoms with E-state index >= 15 is 0 Å². The monoisotopic (exact) mass is 900 g/mol. The van der Waals surface area contributed by atoms with Crippen LogP contribution in [0, 0.1) is 25.7 Å². The van der Waals surface area contributed by atoms with Crippen molar-refractivity contribution in [2.24, 2.45) is 11.8 Å². The van der Waals surface area contributed by atoms with Crippen molar-refractivity contribution < 1.29 is 62.9 Å². The lowest BCUT2D eigenvalue weighted by Crippen LogP contribution is -2.59. The van der Waals surface area contributed by atoms with Gasteiger partial charge in [0.15, 0.2) is 12.6 Å². The van der Waals surface area contributed by atoms with Crippen LogP contribution in [0.2, 0.25) is 0 Å². The van der Waals surface area contributed by atoms with Gasteiger partial charge < -0.3 is 68.4 Å². The Balaban J connectivity index is 0.000000638. The summed E-state index contributed by atoms with van der Waals surface area (Å²) in [7, 11) is 7.66. The molecule has 10 unspecified atom stereocenters. The van der Waals surface area contributed by atoms with Crippen molar-refractivity contribution in [3.63, 3.8) is 0 Å². The fraction of sp³-hybridized carbons (Fsp3) is 0.872. The third-order valence-electron chi connectivity index (χ3n) is 13.4. The minimum Gasteiger partial charge on any atom is -0.466 e. The van der Waals surface area contributed by atoms with E-state index in [1.165, 1.54) is 6.92 Å². The molecule has 5 N–H and O–H groups in total. The van der Waals surface area contributed by atoms with Gasteiger partial charge in [0.25, 0.3) is 5.91 Å². The zero-order chi connectivity index (χ0) is 47.6. The molecule has 16 heteroatoms. The summed E-state index contributed by atoms with van der Waals surface area (Å²) in [4.78, 5) is 29.7. The summed E-state index contributed by atoms with van der Waals surface area (Å²) in [5.74, 6) is -0.243. The zero-order valence-electron chi connectivity index (χ0n) is 41.1. The number of aryl methyl sites for hydroxylation is 2. The third kappa shape index (κ3) is 15.7. The van der Waals surface area contributed by atoms with Crippen LogP contribution in [-0.2, 0) is 33.2 Å². The molecule has 1 aromatic heterocycles. The Morgan fingerprint density at radius 3 is 2.19 bits per heavy atom. The van der Waals surface area contributed by atoms with Gasteiger partial charge in [0.2, 0.25) is 0 Å². The third-order valence-corrected chi connectivity index (χ3v) is 13.4. The lowest BCUT2D eigenvalue weighted by atomic mass is 9.83. The minimum atomic E-state index is -1.73. The van der Waals surface area contributed by atoms with Gasteiger partial charge in [0, 0.05) is 64.6 Å². The highest BCUT2D eigenvalue weighted by Crippen LogP contribution is 2.38. The summed E-state index contributed by atoms with van der Waals surface area (Å²) >= 11 is 0. The molecule has 0 saturated carbocycles. The van der Waals surface area contributed by atoms with Crippen molar-refractivity contribution in [3.8, 4) is 0 Å². The molecule has 3 aliphatic heterocycles. The molecule has 0 bridgehead atoms. The van der Waals surface area contributed by atoms with Gasteiger partial charge in [-0.15, -0.1) is 0 Å². The largest absolute Gasteiger partial charge is 0.466 e. The molecule has 0 radical (unpaired) electrons. The minimum absolute atomic E-state index is 0.0295. The fourth-order valence-corrected chi connectivity index (χ4v) is 9.38. The number of hydrogen-bond acceptors (Lipinski definition) is 15. The highest BCUT2D eigenvalue weighted by molar-refractivity contribution is 5.95. The molecule has 3 aliphatic rings. The van der Waals surface area contributed by atoms with E-state index in [4.69, 9.17) is 37.9 Å². The van der Waals surface area contributed by atoms with Crippen LogP contribution >= 0.6 is 0 Å². The summed E-state index contributed by atoms with van der Waals surface area (Å²) in [6, 6.07) is 1.48. The molecule has 3 saturated heterocycles. The summed E-state index contributed by atoms with van der Waals surface area (Å²) in [6.07, 6.45) is -1.23. The summed E-state index contributed by atoms with van der Waals surface area (Å²) in [5, 5.41) is 46.7. The average Bonchev–Trinajstić information content (AvgIpc) is 3.54. The standard InChI is InChI=1S/C37H70N2O10.C10H15NO3/c1-14-29-37(9,43)33(40)26(6)39(12)21-22(2)18-36(8,42)30(48-31-16-27(38(10)11)15-23(3)45-31)17-28(25(5)34(41)49-29)47-32-20-35(7,44-13)19-24(4)46-32;1-7-6-9(8(2)14-7)10(13)11-4-3-5-12/h22-33,40,42-43H,14-21H2,1-13H3;6,12H,3-5H2,1-2H3,(H,11,13)/t22-,23?,24?,25?,26?,27?,28+,29-,30-,31?,32+,33?,35?,36?,37?;/m1./s1. The van der Waals surface area contributed by atoms with Crippen LogP contribution < -0.4 is 5.32 Å². The van der Waals surface area contributed by atoms with Crippen LogP contribution in [0.5, 0.6) is 0 Å². The van der Waals surface area contributed by atoms with Gasteiger partial charge in [0.1, 0.15) is 29.3 Å². The van der Waals surface area contributed by atoms with Crippen LogP contribution in [0.25, 0.3) is 0 Å². The van der Waals surface area contributed by atoms with Crippen LogP contribution in [0.15, 0.2) is 10.5 Å². The number of carbonyl (C=O) groups excluding carboxylic acids is 2. The zero-order valence-corrected chi connectivity index (χ0v) is 41.1. The van der Waals surface area contributed by atoms with Crippen molar-refractivity contribution in [1.82, 2.24) is 15.1 Å². The number of furan rings is 1. The van der Waals surface area contributed by atoms with Gasteiger partial charge in [-0.2, -0.15) is 0 Å². The molecule has 4 rings (SSSR count). The maximum atomic E-state index is 14.0. The second-order valence-electron chi connectivity index (χ2n) is 19.7. The van der Waals surface area contributed by atoms with Gasteiger partial charge >= 0.3 is 5.97 Å². The van der Waals surface area contributed by atoms with Crippen molar-refractivity contribution in [2.75, 3.05) is 47.9 Å². The second kappa shape index (κ2) is 24.0. The second-order valence-corrected chi connectivity index (χ2v) is 19.7. The molecular weight excluding hydrogens is 815 g/mol. The molecule has 0 spiro atoms. The van der Waals surface area contributed by atoms with E-state index in [0.717, 1.165) is 12.2 Å². The van der Waals surface area contributed by atoms with Crippen LogP contribution in [0.4, 0.5) is 0 Å². The van der Waals surface area contributed by atoms with Crippen molar-refractivity contribution in [1.29, 1.82) is 0 Å². The van der Waals surface area contributed by atoms with Crippen LogP contribution in [-0.4, -0.2) is 168 Å². The predicted octanol–water partition coefficient (Wildman–Crippen LogP) is 4.72. The van der Waals surface area contributed by atoms with E-state index in [1.54, 1.807) is 40.9 Å². The van der Waals surface area contributed by atoms with Gasteiger partial charge in [-0.3, -0.25) is 9.59 Å². The molecule has 16 nitrogen and oxygen atoms in total. The van der Waals surface area contributed by atoms with Crippen LogP contribution in [0.3, 0.4) is 0 Å². The number of hydrogen-bond donors (Lipinski definition) is 5. The number of aliphatic hydroxyl groups is 4. The normalized spacial score (nSPS) is 39.1. The quantitative estimate of drug-likeness (QED) is 0.151. The topological polar surface area (TPSA) is 202 Å². The molecule has 4 heterocycles. The molecule has 0 aromatic carbocycles. The van der Waals surface area contributed by atoms with Crippen molar-refractivity contribution in [2.45, 2.75) is 206 Å². The SMILES string of the molecule is CC[C@H]1OC(=O)C(C)[C@@H](O[C@H]2CC(C)(OC)CC(C)O2)C[C@@H](OC2CC(N(C)C)CC(C)O2)C(C)(O)C[C@@H](C)CN(C)C(C)C(O)C1(C)O.Cc1cc(C(=O)NCCCO)c(C)o1. The number of cyclic esters (lactones) is 1. The first-order valence-electron chi connectivity index (χ1n) is 23.1. The number of methoxy groups -OCH3 is 1. The number of nitrogens with one attached hydrogen (secondary N) is 1. The van der Waals surface area contributed by atoms with Gasteiger partial charge in [-0.05, 0) is 121 Å². The lowest BCUT2D eigenvalue weighted by Gasteiger charge is -2.44. The Hall–Kier alpha value is -2.22. The Kier molecular flexibility index (Phi) is 21.0. The number of amides is 1. The number of ether oxygens (including phenoxy) is 6. The Morgan fingerprint density at radius 1 is 0.968 bits per heavy atom. The maximum absolute atomic E-state index is 14.0. The summed E-state index contributed by atoms with van der Waals surface area (Å²) in [6.45, 7) is 21.4. The first-order chi connectivity index (χ1) is 29.3. The van der Waals surface area contributed by atoms with Crippen molar-refractivity contribution >= 4 is 11.9 Å². The molecule has 1 amide bonds. The van der Waals surface area contributed by atoms with E-state index in [9.17, 15) is 24.9 Å². The number of carbonyl (C=O) groups is 2. The van der Waals surface area contributed by atoms with Gasteiger partial charge in [0.05, 0.1) is 47.1 Å². The Morgan fingerprint density at radius 2 is 1.62 bits per heavy atom. The molecule has 3 fully saturated rings. The molecule has 1 aromatic rings. The number of esters is 1. The summed E-state index contributed by atoms with van der Waals surface area (Å²) < 4.78 is 43.1.